The molecule has 0 spiro atoms. The van der Waals surface area contributed by atoms with Gasteiger partial charge in [0.25, 0.3) is 5.91 Å². The summed E-state index contributed by atoms with van der Waals surface area (Å²) < 4.78 is 7.27. The van der Waals surface area contributed by atoms with Crippen LogP contribution in [0.4, 0.5) is 0 Å². The summed E-state index contributed by atoms with van der Waals surface area (Å²) in [5.41, 5.74) is 0.301. The van der Waals surface area contributed by atoms with Crippen LogP contribution in [0.2, 0.25) is 0 Å². The van der Waals surface area contributed by atoms with E-state index in [1.807, 2.05) is 0 Å². The molecule has 0 bridgehead atoms. The molecule has 1 aliphatic carbocycles. The first-order valence-corrected chi connectivity index (χ1v) is 8.26. The van der Waals surface area contributed by atoms with Crippen LogP contribution in [-0.4, -0.2) is 44.9 Å². The average molecular weight is 329 g/mol. The van der Waals surface area contributed by atoms with E-state index in [0.29, 0.717) is 17.9 Å². The number of rotatable bonds is 5. The number of nitrogens with zero attached hydrogens (tertiary/aromatic N) is 4. The molecule has 1 N–H and O–H groups in total. The molecule has 0 unspecified atom stereocenters. The summed E-state index contributed by atoms with van der Waals surface area (Å²) in [6, 6.07) is 3.39. The van der Waals surface area contributed by atoms with Crippen molar-refractivity contribution in [2.24, 2.45) is 5.92 Å². The van der Waals surface area contributed by atoms with Gasteiger partial charge >= 0.3 is 0 Å². The number of nitrogens with one attached hydrogen (secondary N) is 1. The highest BCUT2D eigenvalue weighted by Crippen LogP contribution is 2.33. The molecule has 1 amide bonds. The number of carbonyl (C=O) groups is 1. The molecular weight excluding hydrogens is 306 g/mol. The van der Waals surface area contributed by atoms with Gasteiger partial charge in [-0.2, -0.15) is 5.10 Å². The van der Waals surface area contributed by atoms with Crippen LogP contribution in [0.1, 0.15) is 43.0 Å². The van der Waals surface area contributed by atoms with Gasteiger partial charge in [-0.05, 0) is 43.7 Å². The van der Waals surface area contributed by atoms with Crippen molar-refractivity contribution in [2.75, 3.05) is 13.7 Å². The molecular formula is C17H23N5O2. The maximum Gasteiger partial charge on any atom is 0.251 e. The number of ether oxygens (including phenoxy) is 1. The Labute approximate surface area is 141 Å². The van der Waals surface area contributed by atoms with E-state index in [-0.39, 0.29) is 11.5 Å². The first-order chi connectivity index (χ1) is 11.6. The number of hydrogen-bond donors (Lipinski definition) is 1. The predicted molar refractivity (Wildman–Crippen MR) is 88.9 cm³/mol. The fourth-order valence-electron chi connectivity index (χ4n) is 3.10. The van der Waals surface area contributed by atoms with Gasteiger partial charge in [0.15, 0.2) is 5.82 Å². The zero-order valence-corrected chi connectivity index (χ0v) is 14.1. The molecule has 7 heteroatoms. The quantitative estimate of drug-likeness (QED) is 0.907. The Kier molecular flexibility index (Phi) is 4.89. The standard InChI is InChI=1S/C17H23N5O2/c1-13-3-6-17(24-2,7-4-13)10-20-16(23)14-5-8-19-15(9-14)22-12-18-11-21-22/h5,8-9,11-13H,3-4,6-7,10H2,1-2H3,(H,20,23). The highest BCUT2D eigenvalue weighted by atomic mass is 16.5. The number of hydrogen-bond acceptors (Lipinski definition) is 5. The highest BCUT2D eigenvalue weighted by Gasteiger charge is 2.34. The molecule has 24 heavy (non-hydrogen) atoms. The summed E-state index contributed by atoms with van der Waals surface area (Å²) in [5, 5.41) is 7.04. The largest absolute Gasteiger partial charge is 0.376 e. The Balaban J connectivity index is 1.66. The van der Waals surface area contributed by atoms with Crippen molar-refractivity contribution in [2.45, 2.75) is 38.2 Å². The summed E-state index contributed by atoms with van der Waals surface area (Å²) in [6.07, 6.45) is 8.80. The molecule has 3 rings (SSSR count). The van der Waals surface area contributed by atoms with Crippen molar-refractivity contribution >= 4 is 5.91 Å². The van der Waals surface area contributed by atoms with Gasteiger partial charge in [-0.3, -0.25) is 4.79 Å². The van der Waals surface area contributed by atoms with E-state index in [0.717, 1.165) is 31.6 Å². The van der Waals surface area contributed by atoms with E-state index < -0.39 is 0 Å². The molecule has 1 fully saturated rings. The predicted octanol–water partition coefficient (Wildman–Crippen LogP) is 1.99. The fraction of sp³-hybridized carbons (Fsp3) is 0.529. The summed E-state index contributed by atoms with van der Waals surface area (Å²) in [5.74, 6) is 1.16. The van der Waals surface area contributed by atoms with Crippen LogP contribution < -0.4 is 5.32 Å². The lowest BCUT2D eigenvalue weighted by Gasteiger charge is -2.38. The van der Waals surface area contributed by atoms with Gasteiger partial charge in [0.05, 0.1) is 5.60 Å². The van der Waals surface area contributed by atoms with Crippen molar-refractivity contribution < 1.29 is 9.53 Å². The third-order valence-electron chi connectivity index (χ3n) is 4.85. The van der Waals surface area contributed by atoms with E-state index in [1.165, 1.54) is 11.0 Å². The maximum absolute atomic E-state index is 12.5. The lowest BCUT2D eigenvalue weighted by molar-refractivity contribution is -0.0446. The molecule has 0 radical (unpaired) electrons. The second kappa shape index (κ2) is 7.09. The van der Waals surface area contributed by atoms with Crippen molar-refractivity contribution in [3.63, 3.8) is 0 Å². The first-order valence-electron chi connectivity index (χ1n) is 8.26. The van der Waals surface area contributed by atoms with E-state index in [9.17, 15) is 4.79 Å². The third-order valence-corrected chi connectivity index (χ3v) is 4.85. The molecule has 2 heterocycles. The Bertz CT molecular complexity index is 678. The number of carbonyl (C=O) groups excluding carboxylic acids is 1. The van der Waals surface area contributed by atoms with Crippen LogP contribution in [0.5, 0.6) is 0 Å². The molecule has 0 aliphatic heterocycles. The van der Waals surface area contributed by atoms with E-state index in [2.05, 4.69) is 27.3 Å². The van der Waals surface area contributed by atoms with Crippen LogP contribution in [0.15, 0.2) is 31.0 Å². The van der Waals surface area contributed by atoms with E-state index >= 15 is 0 Å². The third kappa shape index (κ3) is 3.62. The van der Waals surface area contributed by atoms with Crippen LogP contribution in [0, 0.1) is 5.92 Å². The lowest BCUT2D eigenvalue weighted by Crippen LogP contribution is -2.46. The molecule has 128 valence electrons. The lowest BCUT2D eigenvalue weighted by atomic mass is 9.79. The summed E-state index contributed by atoms with van der Waals surface area (Å²) in [7, 11) is 1.73. The van der Waals surface area contributed by atoms with Crippen LogP contribution in [0.3, 0.4) is 0 Å². The normalized spacial score (nSPS) is 23.8. The molecule has 0 aromatic carbocycles. The molecule has 0 saturated heterocycles. The minimum atomic E-state index is -0.246. The first kappa shape index (κ1) is 16.6. The van der Waals surface area contributed by atoms with Gasteiger partial charge in [-0.1, -0.05) is 6.92 Å². The second-order valence-corrected chi connectivity index (χ2v) is 6.50. The number of amides is 1. The zero-order chi connectivity index (χ0) is 17.0. The minimum absolute atomic E-state index is 0.131. The van der Waals surface area contributed by atoms with Crippen LogP contribution >= 0.6 is 0 Å². The SMILES string of the molecule is COC1(CNC(=O)c2ccnc(-n3cncn3)c2)CCC(C)CC1. The smallest absolute Gasteiger partial charge is 0.251 e. The summed E-state index contributed by atoms with van der Waals surface area (Å²) >= 11 is 0. The van der Waals surface area contributed by atoms with Gasteiger partial charge in [0.2, 0.25) is 0 Å². The minimum Gasteiger partial charge on any atom is -0.376 e. The molecule has 0 atom stereocenters. The van der Waals surface area contributed by atoms with Crippen molar-refractivity contribution in [1.29, 1.82) is 0 Å². The van der Waals surface area contributed by atoms with Gasteiger partial charge in [0, 0.05) is 25.4 Å². The van der Waals surface area contributed by atoms with Gasteiger partial charge < -0.3 is 10.1 Å². The second-order valence-electron chi connectivity index (χ2n) is 6.50. The molecule has 2 aromatic heterocycles. The van der Waals surface area contributed by atoms with Gasteiger partial charge in [-0.15, -0.1) is 0 Å². The van der Waals surface area contributed by atoms with Gasteiger partial charge in [-0.25, -0.2) is 14.6 Å². The Morgan fingerprint density at radius 1 is 1.46 bits per heavy atom. The Morgan fingerprint density at radius 2 is 2.25 bits per heavy atom. The zero-order valence-electron chi connectivity index (χ0n) is 14.1. The monoisotopic (exact) mass is 329 g/mol. The van der Waals surface area contributed by atoms with Crippen LogP contribution in [0.25, 0.3) is 5.82 Å². The number of aromatic nitrogens is 4. The molecule has 1 aliphatic rings. The van der Waals surface area contributed by atoms with Crippen molar-refractivity contribution in [3.05, 3.63) is 36.5 Å². The highest BCUT2D eigenvalue weighted by molar-refractivity contribution is 5.94. The Hall–Kier alpha value is -2.28. The molecule has 2 aromatic rings. The molecule has 1 saturated carbocycles. The number of methoxy groups -OCH3 is 1. The Morgan fingerprint density at radius 3 is 2.92 bits per heavy atom. The fourth-order valence-corrected chi connectivity index (χ4v) is 3.10. The van der Waals surface area contributed by atoms with Crippen molar-refractivity contribution in [1.82, 2.24) is 25.1 Å². The summed E-state index contributed by atoms with van der Waals surface area (Å²) in [6.45, 7) is 2.79. The maximum atomic E-state index is 12.5. The topological polar surface area (TPSA) is 81.9 Å². The average Bonchev–Trinajstić information content (AvgIpc) is 3.16. The summed E-state index contributed by atoms with van der Waals surface area (Å²) in [4.78, 5) is 20.6. The van der Waals surface area contributed by atoms with Crippen molar-refractivity contribution in [3.8, 4) is 5.82 Å². The van der Waals surface area contributed by atoms with Crippen LogP contribution in [-0.2, 0) is 4.74 Å². The van der Waals surface area contributed by atoms with E-state index in [4.69, 9.17) is 4.74 Å². The molecule has 7 nitrogen and oxygen atoms in total. The van der Waals surface area contributed by atoms with Gasteiger partial charge in [0.1, 0.15) is 12.7 Å². The van der Waals surface area contributed by atoms with E-state index in [1.54, 1.807) is 31.8 Å². The number of pyridine rings is 1.